The van der Waals surface area contributed by atoms with E-state index in [1.165, 1.54) is 11.1 Å². The van der Waals surface area contributed by atoms with Crippen LogP contribution in [0.1, 0.15) is 43.7 Å². The van der Waals surface area contributed by atoms with Crippen LogP contribution in [0.2, 0.25) is 5.02 Å². The van der Waals surface area contributed by atoms with E-state index in [0.29, 0.717) is 11.5 Å². The Balaban J connectivity index is 1.85. The van der Waals surface area contributed by atoms with E-state index in [1.54, 1.807) is 0 Å². The number of allylic oxidation sites excluding steroid dienone is 3. The molecule has 2 aromatic carbocycles. The van der Waals surface area contributed by atoms with Gasteiger partial charge in [-0.3, -0.25) is 0 Å². The van der Waals surface area contributed by atoms with Crippen molar-refractivity contribution in [2.75, 3.05) is 0 Å². The van der Waals surface area contributed by atoms with E-state index in [9.17, 15) is 4.39 Å². The van der Waals surface area contributed by atoms with Crippen molar-refractivity contribution in [2.24, 2.45) is 5.92 Å². The van der Waals surface area contributed by atoms with Crippen molar-refractivity contribution in [2.45, 2.75) is 39.0 Å². The Kier molecular flexibility index (Phi) is 5.75. The summed E-state index contributed by atoms with van der Waals surface area (Å²) in [6.45, 7) is 5.95. The van der Waals surface area contributed by atoms with Gasteiger partial charge in [-0.1, -0.05) is 73.5 Å². The first kappa shape index (κ1) is 17.9. The molecule has 0 bridgehead atoms. The molecule has 0 nitrogen and oxygen atoms in total. The maximum atomic E-state index is 14.7. The van der Waals surface area contributed by atoms with Crippen LogP contribution in [0.3, 0.4) is 0 Å². The molecule has 0 radical (unpaired) electrons. The molecule has 0 N–H and O–H groups in total. The molecule has 0 amide bonds. The van der Waals surface area contributed by atoms with Crippen molar-refractivity contribution in [3.05, 3.63) is 77.1 Å². The molecular formula is C23H24ClF. The fraction of sp³-hybridized carbons (Fsp3) is 0.304. The summed E-state index contributed by atoms with van der Waals surface area (Å²) in [6.07, 6.45) is 9.39. The molecule has 1 aliphatic carbocycles. The molecule has 25 heavy (non-hydrogen) atoms. The lowest BCUT2D eigenvalue weighted by atomic mass is 9.86. The van der Waals surface area contributed by atoms with E-state index in [4.69, 9.17) is 11.6 Å². The first-order valence-corrected chi connectivity index (χ1v) is 9.41. The number of aryl methyl sites for hydroxylation is 1. The van der Waals surface area contributed by atoms with Crippen LogP contribution in [0, 0.1) is 11.7 Å². The van der Waals surface area contributed by atoms with Gasteiger partial charge in [-0.2, -0.15) is 0 Å². The van der Waals surface area contributed by atoms with Crippen molar-refractivity contribution in [3.8, 4) is 11.1 Å². The fourth-order valence-corrected chi connectivity index (χ4v) is 3.73. The smallest absolute Gasteiger partial charge is 0.149 e. The zero-order valence-electron chi connectivity index (χ0n) is 14.7. The van der Waals surface area contributed by atoms with Crippen LogP contribution >= 0.6 is 11.6 Å². The molecule has 1 unspecified atom stereocenters. The van der Waals surface area contributed by atoms with Gasteiger partial charge in [0.2, 0.25) is 0 Å². The normalized spacial score (nSPS) is 17.2. The predicted octanol–water partition coefficient (Wildman–Crippen LogP) is 7.47. The van der Waals surface area contributed by atoms with Gasteiger partial charge in [-0.15, -0.1) is 6.58 Å². The molecule has 0 fully saturated rings. The highest BCUT2D eigenvalue weighted by atomic mass is 35.5. The van der Waals surface area contributed by atoms with Crippen LogP contribution in [0.5, 0.6) is 0 Å². The lowest BCUT2D eigenvalue weighted by molar-refractivity contribution is 0.593. The largest absolute Gasteiger partial charge is 0.205 e. The molecule has 2 aromatic rings. The maximum Gasteiger partial charge on any atom is 0.149 e. The van der Waals surface area contributed by atoms with Crippen molar-refractivity contribution >= 4 is 17.2 Å². The number of hydrogen-bond donors (Lipinski definition) is 0. The van der Waals surface area contributed by atoms with E-state index < -0.39 is 0 Å². The van der Waals surface area contributed by atoms with Crippen molar-refractivity contribution < 1.29 is 4.39 Å². The number of rotatable bonds is 5. The van der Waals surface area contributed by atoms with Crippen molar-refractivity contribution in [1.29, 1.82) is 0 Å². The van der Waals surface area contributed by atoms with E-state index in [-0.39, 0.29) is 10.8 Å². The quantitative estimate of drug-likeness (QED) is 0.488. The summed E-state index contributed by atoms with van der Waals surface area (Å²) >= 11 is 6.22. The van der Waals surface area contributed by atoms with Gasteiger partial charge in [0.25, 0.3) is 0 Å². The van der Waals surface area contributed by atoms with Gasteiger partial charge < -0.3 is 0 Å². The first-order valence-electron chi connectivity index (χ1n) is 9.03. The summed E-state index contributed by atoms with van der Waals surface area (Å²) in [7, 11) is 0. The predicted molar refractivity (Wildman–Crippen MR) is 106 cm³/mol. The third kappa shape index (κ3) is 3.88. The van der Waals surface area contributed by atoms with E-state index >= 15 is 0 Å². The topological polar surface area (TPSA) is 0 Å². The third-order valence-electron chi connectivity index (χ3n) is 5.03. The first-order chi connectivity index (χ1) is 12.1. The molecule has 3 rings (SSSR count). The Morgan fingerprint density at radius 3 is 2.48 bits per heavy atom. The van der Waals surface area contributed by atoms with Crippen molar-refractivity contribution in [3.63, 3.8) is 0 Å². The molecule has 0 heterocycles. The Morgan fingerprint density at radius 2 is 1.88 bits per heavy atom. The zero-order valence-corrected chi connectivity index (χ0v) is 15.5. The Morgan fingerprint density at radius 1 is 1.16 bits per heavy atom. The van der Waals surface area contributed by atoms with Crippen LogP contribution in [0.25, 0.3) is 16.7 Å². The van der Waals surface area contributed by atoms with Gasteiger partial charge in [0, 0.05) is 5.56 Å². The highest BCUT2D eigenvalue weighted by Gasteiger charge is 2.15. The minimum atomic E-state index is -0.314. The lowest BCUT2D eigenvalue weighted by Gasteiger charge is -2.19. The summed E-state index contributed by atoms with van der Waals surface area (Å²) in [4.78, 5) is 0. The Hall–Kier alpha value is -1.86. The summed E-state index contributed by atoms with van der Waals surface area (Å²) < 4.78 is 14.7. The maximum absolute atomic E-state index is 14.7. The van der Waals surface area contributed by atoms with E-state index in [0.717, 1.165) is 43.2 Å². The van der Waals surface area contributed by atoms with Gasteiger partial charge in [-0.05, 0) is 53.9 Å². The minimum absolute atomic E-state index is 0.258. The van der Waals surface area contributed by atoms with E-state index in [1.807, 2.05) is 30.3 Å². The Labute approximate surface area is 155 Å². The minimum Gasteiger partial charge on any atom is -0.205 e. The van der Waals surface area contributed by atoms with Gasteiger partial charge in [-0.25, -0.2) is 4.39 Å². The summed E-state index contributed by atoms with van der Waals surface area (Å²) in [5.41, 5.74) is 4.92. The molecule has 0 aromatic heterocycles. The van der Waals surface area contributed by atoms with Crippen LogP contribution in [0.4, 0.5) is 4.39 Å². The molecule has 1 aliphatic rings. The lowest BCUT2D eigenvalue weighted by Crippen LogP contribution is -2.02. The zero-order chi connectivity index (χ0) is 17.8. The van der Waals surface area contributed by atoms with Crippen LogP contribution in [-0.4, -0.2) is 0 Å². The van der Waals surface area contributed by atoms with Crippen LogP contribution in [0.15, 0.2) is 55.1 Å². The second-order valence-electron chi connectivity index (χ2n) is 6.73. The summed E-state index contributed by atoms with van der Waals surface area (Å²) in [5.74, 6) is 0.284. The van der Waals surface area contributed by atoms with Crippen LogP contribution < -0.4 is 0 Å². The second kappa shape index (κ2) is 8.01. The van der Waals surface area contributed by atoms with Crippen LogP contribution in [-0.2, 0) is 6.42 Å². The SMILES string of the molecule is C=CC1CC=C(c2ccc(-c3ccc(CCC)c(Cl)c3F)cc2)CC1. The highest BCUT2D eigenvalue weighted by Crippen LogP contribution is 2.34. The highest BCUT2D eigenvalue weighted by molar-refractivity contribution is 6.31. The number of benzene rings is 2. The molecule has 1 atom stereocenters. The average Bonchev–Trinajstić information content (AvgIpc) is 2.66. The second-order valence-corrected chi connectivity index (χ2v) is 7.11. The average molecular weight is 355 g/mol. The molecule has 130 valence electrons. The summed E-state index contributed by atoms with van der Waals surface area (Å²) in [5, 5.41) is 0.258. The molecule has 0 saturated heterocycles. The third-order valence-corrected chi connectivity index (χ3v) is 5.44. The van der Waals surface area contributed by atoms with Gasteiger partial charge in [0.15, 0.2) is 0 Å². The van der Waals surface area contributed by atoms with Crippen molar-refractivity contribution in [1.82, 2.24) is 0 Å². The Bertz CT molecular complexity index is 786. The van der Waals surface area contributed by atoms with Gasteiger partial charge in [0.05, 0.1) is 5.02 Å². The summed E-state index contributed by atoms with van der Waals surface area (Å²) in [6, 6.07) is 11.9. The molecule has 0 spiro atoms. The van der Waals surface area contributed by atoms with Gasteiger partial charge in [0.1, 0.15) is 5.82 Å². The number of hydrogen-bond acceptors (Lipinski definition) is 0. The van der Waals surface area contributed by atoms with Gasteiger partial charge >= 0.3 is 0 Å². The molecule has 0 aliphatic heterocycles. The fourth-order valence-electron chi connectivity index (χ4n) is 3.47. The van der Waals surface area contributed by atoms with E-state index in [2.05, 4.69) is 31.7 Å². The number of halogens is 2. The molecule has 2 heteroatoms. The standard InChI is InChI=1S/C23H24ClF/c1-3-5-20-14-15-21(23(25)22(20)24)19-12-10-18(11-13-19)17-8-6-16(4-2)7-9-17/h4,8,10-16H,2-3,5-7,9H2,1H3. The molecule has 0 saturated carbocycles. The molecular weight excluding hydrogens is 331 g/mol. The monoisotopic (exact) mass is 354 g/mol.